The van der Waals surface area contributed by atoms with Gasteiger partial charge in [-0.05, 0) is 31.4 Å². The van der Waals surface area contributed by atoms with E-state index < -0.39 is 0 Å². The summed E-state index contributed by atoms with van der Waals surface area (Å²) in [6.07, 6.45) is 2.45. The van der Waals surface area contributed by atoms with Gasteiger partial charge in [-0.15, -0.1) is 0 Å². The topological polar surface area (TPSA) is 35.0 Å². The van der Waals surface area contributed by atoms with Crippen molar-refractivity contribution < 1.29 is 0 Å². The van der Waals surface area contributed by atoms with E-state index in [0.717, 1.165) is 0 Å². The molecule has 0 bridgehead atoms. The highest BCUT2D eigenvalue weighted by molar-refractivity contribution is 5.30. The van der Waals surface area contributed by atoms with Crippen molar-refractivity contribution in [3.05, 3.63) is 34.9 Å². The van der Waals surface area contributed by atoms with Crippen molar-refractivity contribution in [1.82, 2.24) is 6.15 Å². The first-order valence-electron chi connectivity index (χ1n) is 4.30. The molecule has 0 aliphatic carbocycles. The molecule has 3 N–H and O–H groups in total. The van der Waals surface area contributed by atoms with Crippen molar-refractivity contribution in [3.63, 3.8) is 0 Å². The lowest BCUT2D eigenvalue weighted by atomic mass is 10.0. The first-order chi connectivity index (χ1) is 5.24. The Bertz CT molecular complexity index is 241. The van der Waals surface area contributed by atoms with Crippen molar-refractivity contribution in [2.24, 2.45) is 0 Å². The molecule has 1 aromatic rings. The molecule has 0 aromatic heterocycles. The third-order valence-electron chi connectivity index (χ3n) is 2.02. The van der Waals surface area contributed by atoms with Gasteiger partial charge in [0.05, 0.1) is 0 Å². The molecule has 0 aliphatic rings. The van der Waals surface area contributed by atoms with E-state index in [2.05, 4.69) is 39.0 Å². The maximum absolute atomic E-state index is 2.25. The zero-order chi connectivity index (χ0) is 8.27. The Morgan fingerprint density at radius 1 is 1.17 bits per heavy atom. The predicted molar refractivity (Wildman–Crippen MR) is 54.9 cm³/mol. The van der Waals surface area contributed by atoms with Crippen LogP contribution in [0.3, 0.4) is 0 Å². The molecule has 1 heteroatoms. The minimum Gasteiger partial charge on any atom is -0.344 e. The van der Waals surface area contributed by atoms with Crippen LogP contribution in [0.25, 0.3) is 0 Å². The second-order valence-corrected chi connectivity index (χ2v) is 3.18. The summed E-state index contributed by atoms with van der Waals surface area (Å²) in [4.78, 5) is 0. The summed E-state index contributed by atoms with van der Waals surface area (Å²) in [6.45, 7) is 6.56. The van der Waals surface area contributed by atoms with Gasteiger partial charge in [0.15, 0.2) is 0 Å². The fraction of sp³-hybridized carbons (Fsp3) is 0.455. The van der Waals surface area contributed by atoms with Crippen molar-refractivity contribution in [2.75, 3.05) is 0 Å². The molecule has 1 nitrogen and oxygen atoms in total. The van der Waals surface area contributed by atoms with E-state index in [1.165, 1.54) is 29.5 Å². The lowest BCUT2D eigenvalue weighted by Crippen LogP contribution is -1.88. The molecule has 12 heavy (non-hydrogen) atoms. The summed E-state index contributed by atoms with van der Waals surface area (Å²) >= 11 is 0. The molecule has 0 fully saturated rings. The van der Waals surface area contributed by atoms with Crippen LogP contribution >= 0.6 is 0 Å². The monoisotopic (exact) mass is 165 g/mol. The van der Waals surface area contributed by atoms with E-state index in [9.17, 15) is 0 Å². The highest BCUT2D eigenvalue weighted by Gasteiger charge is 1.95. The molecule has 1 aromatic carbocycles. The van der Waals surface area contributed by atoms with Crippen molar-refractivity contribution in [2.45, 2.75) is 33.6 Å². The average Bonchev–Trinajstić information content (AvgIpc) is 1.95. The zero-order valence-electron chi connectivity index (χ0n) is 8.35. The Balaban J connectivity index is 0.00000121. The number of hydrogen-bond donors (Lipinski definition) is 1. The van der Waals surface area contributed by atoms with Gasteiger partial charge in [-0.1, -0.05) is 37.1 Å². The molecular weight excluding hydrogens is 146 g/mol. The van der Waals surface area contributed by atoms with Crippen LogP contribution in [0.2, 0.25) is 0 Å². The van der Waals surface area contributed by atoms with Crippen LogP contribution in [0.1, 0.15) is 30.0 Å². The smallest absolute Gasteiger partial charge is 0.0279 e. The minimum absolute atomic E-state index is 0. The standard InChI is InChI=1S/C11H16.H3N/c1-4-5-11-7-6-9(2)8-10(11)3;/h6-8H,4-5H2,1-3H3;1H3. The molecular formula is C11H19N. The second kappa shape index (κ2) is 4.94. The van der Waals surface area contributed by atoms with E-state index in [0.29, 0.717) is 0 Å². The number of aryl methyl sites for hydroxylation is 3. The highest BCUT2D eigenvalue weighted by atomic mass is 14.0. The summed E-state index contributed by atoms with van der Waals surface area (Å²) < 4.78 is 0. The van der Waals surface area contributed by atoms with Crippen LogP contribution in [0.5, 0.6) is 0 Å². The molecule has 1 rings (SSSR count). The third kappa shape index (κ3) is 2.67. The lowest BCUT2D eigenvalue weighted by molar-refractivity contribution is 0.912. The molecule has 68 valence electrons. The summed E-state index contributed by atoms with van der Waals surface area (Å²) in [5.41, 5.74) is 4.30. The van der Waals surface area contributed by atoms with Crippen molar-refractivity contribution >= 4 is 0 Å². The fourth-order valence-electron chi connectivity index (χ4n) is 1.40. The number of rotatable bonds is 2. The maximum atomic E-state index is 2.25. The Kier molecular flexibility index (Phi) is 4.60. The van der Waals surface area contributed by atoms with Gasteiger partial charge >= 0.3 is 0 Å². The summed E-state index contributed by atoms with van der Waals surface area (Å²) in [5, 5.41) is 0. The number of benzene rings is 1. The van der Waals surface area contributed by atoms with Crippen molar-refractivity contribution in [3.8, 4) is 0 Å². The average molecular weight is 165 g/mol. The third-order valence-corrected chi connectivity index (χ3v) is 2.02. The van der Waals surface area contributed by atoms with Gasteiger partial charge in [-0.2, -0.15) is 0 Å². The fourth-order valence-corrected chi connectivity index (χ4v) is 1.40. The molecule has 0 atom stereocenters. The molecule has 0 amide bonds. The van der Waals surface area contributed by atoms with Crippen LogP contribution in [-0.4, -0.2) is 0 Å². The van der Waals surface area contributed by atoms with Gasteiger partial charge in [0.1, 0.15) is 0 Å². The highest BCUT2D eigenvalue weighted by Crippen LogP contribution is 2.11. The zero-order valence-corrected chi connectivity index (χ0v) is 8.35. The van der Waals surface area contributed by atoms with Gasteiger partial charge in [0.25, 0.3) is 0 Å². The Labute approximate surface area is 75.4 Å². The molecule has 0 saturated carbocycles. The summed E-state index contributed by atoms with van der Waals surface area (Å²) in [5.74, 6) is 0. The van der Waals surface area contributed by atoms with Crippen LogP contribution < -0.4 is 6.15 Å². The van der Waals surface area contributed by atoms with Crippen molar-refractivity contribution in [1.29, 1.82) is 0 Å². The Morgan fingerprint density at radius 3 is 2.33 bits per heavy atom. The van der Waals surface area contributed by atoms with Gasteiger partial charge in [0.2, 0.25) is 0 Å². The van der Waals surface area contributed by atoms with Gasteiger partial charge < -0.3 is 6.15 Å². The summed E-state index contributed by atoms with van der Waals surface area (Å²) in [7, 11) is 0. The normalized spacial score (nSPS) is 9.25. The molecule has 0 heterocycles. The van der Waals surface area contributed by atoms with Gasteiger partial charge in [-0.25, -0.2) is 0 Å². The molecule has 0 spiro atoms. The molecule has 0 saturated heterocycles. The minimum atomic E-state index is 0. The van der Waals surface area contributed by atoms with E-state index >= 15 is 0 Å². The molecule has 0 unspecified atom stereocenters. The maximum Gasteiger partial charge on any atom is -0.0279 e. The molecule has 0 radical (unpaired) electrons. The van der Waals surface area contributed by atoms with E-state index in [1.54, 1.807) is 0 Å². The first-order valence-corrected chi connectivity index (χ1v) is 4.30. The predicted octanol–water partition coefficient (Wildman–Crippen LogP) is 3.42. The lowest BCUT2D eigenvalue weighted by Gasteiger charge is -2.04. The second-order valence-electron chi connectivity index (χ2n) is 3.18. The Morgan fingerprint density at radius 2 is 1.83 bits per heavy atom. The first kappa shape index (κ1) is 11.2. The summed E-state index contributed by atoms with van der Waals surface area (Å²) in [6, 6.07) is 6.69. The van der Waals surface area contributed by atoms with E-state index in [-0.39, 0.29) is 6.15 Å². The molecule has 0 aliphatic heterocycles. The largest absolute Gasteiger partial charge is 0.344 e. The van der Waals surface area contributed by atoms with E-state index in [1.807, 2.05) is 0 Å². The van der Waals surface area contributed by atoms with E-state index in [4.69, 9.17) is 0 Å². The Hall–Kier alpha value is -0.820. The quantitative estimate of drug-likeness (QED) is 0.716. The van der Waals surface area contributed by atoms with Crippen LogP contribution in [0.4, 0.5) is 0 Å². The van der Waals surface area contributed by atoms with Crippen LogP contribution in [0, 0.1) is 13.8 Å². The van der Waals surface area contributed by atoms with Crippen LogP contribution in [0.15, 0.2) is 18.2 Å². The SMILES string of the molecule is CCCc1ccc(C)cc1C.N. The van der Waals surface area contributed by atoms with Gasteiger partial charge in [0, 0.05) is 0 Å². The van der Waals surface area contributed by atoms with Gasteiger partial charge in [-0.3, -0.25) is 0 Å². The number of hydrogen-bond acceptors (Lipinski definition) is 1. The van der Waals surface area contributed by atoms with Crippen LogP contribution in [-0.2, 0) is 6.42 Å².